The van der Waals surface area contributed by atoms with Crippen molar-refractivity contribution >= 4 is 11.8 Å². The molecule has 0 bridgehead atoms. The van der Waals surface area contributed by atoms with Gasteiger partial charge in [0.1, 0.15) is 11.4 Å². The molecule has 2 fully saturated rings. The maximum absolute atomic E-state index is 12.4. The van der Waals surface area contributed by atoms with Gasteiger partial charge in [0.15, 0.2) is 5.78 Å². The number of carbonyl (C=O) groups excluding carboxylic acids is 2. The molecule has 1 aromatic carbocycles. The van der Waals surface area contributed by atoms with Gasteiger partial charge in [0.25, 0.3) is 0 Å². The first-order chi connectivity index (χ1) is 10.2. The van der Waals surface area contributed by atoms with E-state index in [0.29, 0.717) is 30.3 Å². The molecule has 0 amide bonds. The number of rotatable bonds is 2. The number of ketones is 1. The summed E-state index contributed by atoms with van der Waals surface area (Å²) in [5, 5.41) is 0. The summed E-state index contributed by atoms with van der Waals surface area (Å²) in [5.41, 5.74) is 0.188. The van der Waals surface area contributed by atoms with E-state index >= 15 is 0 Å². The van der Waals surface area contributed by atoms with Gasteiger partial charge in [0, 0.05) is 5.92 Å². The summed E-state index contributed by atoms with van der Waals surface area (Å²) in [7, 11) is 0. The van der Waals surface area contributed by atoms with Crippen molar-refractivity contribution in [3.63, 3.8) is 0 Å². The molecule has 2 saturated carbocycles. The highest BCUT2D eigenvalue weighted by Crippen LogP contribution is 2.65. The number of hydrogen-bond acceptors (Lipinski definition) is 4. The van der Waals surface area contributed by atoms with Gasteiger partial charge in [0.05, 0.1) is 24.5 Å². The zero-order valence-electron chi connectivity index (χ0n) is 12.0. The minimum atomic E-state index is -0.479. The predicted octanol–water partition coefficient (Wildman–Crippen LogP) is 2.61. The Balaban J connectivity index is 1.63. The smallest absolute Gasteiger partial charge is 0.309 e. The topological polar surface area (TPSA) is 52.6 Å². The number of para-hydroxylation sites is 1. The van der Waals surface area contributed by atoms with E-state index < -0.39 is 5.60 Å². The fourth-order valence-corrected chi connectivity index (χ4v) is 4.32. The van der Waals surface area contributed by atoms with Crippen molar-refractivity contribution < 1.29 is 19.1 Å². The molecule has 0 saturated heterocycles. The van der Waals surface area contributed by atoms with Crippen LogP contribution in [-0.4, -0.2) is 24.0 Å². The average Bonchev–Trinajstić information content (AvgIpc) is 3.12. The molecule has 4 atom stereocenters. The number of carbonyl (C=O) groups is 2. The van der Waals surface area contributed by atoms with Gasteiger partial charge in [-0.2, -0.15) is 0 Å². The van der Waals surface area contributed by atoms with Crippen molar-refractivity contribution in [1.82, 2.24) is 0 Å². The number of fused-ring (bicyclic) bond motifs is 3. The number of ether oxygens (including phenoxy) is 2. The fraction of sp³-hybridized carbons (Fsp3) is 0.529. The zero-order valence-corrected chi connectivity index (χ0v) is 12.0. The lowest BCUT2D eigenvalue weighted by atomic mass is 9.84. The lowest BCUT2D eigenvalue weighted by Gasteiger charge is -2.36. The van der Waals surface area contributed by atoms with Crippen molar-refractivity contribution in [2.75, 3.05) is 6.61 Å². The van der Waals surface area contributed by atoms with Crippen LogP contribution in [-0.2, 0) is 9.53 Å². The maximum Gasteiger partial charge on any atom is 0.309 e. The molecule has 1 aromatic rings. The van der Waals surface area contributed by atoms with Crippen LogP contribution in [0.25, 0.3) is 0 Å². The largest absolute Gasteiger partial charge is 0.486 e. The molecule has 0 radical (unpaired) electrons. The third-order valence-electron chi connectivity index (χ3n) is 5.20. The molecular formula is C17H18O4. The second kappa shape index (κ2) is 4.33. The highest BCUT2D eigenvalue weighted by molar-refractivity contribution is 6.00. The van der Waals surface area contributed by atoms with Crippen LogP contribution in [0.1, 0.15) is 36.5 Å². The molecule has 4 rings (SSSR count). The van der Waals surface area contributed by atoms with Gasteiger partial charge < -0.3 is 9.47 Å². The summed E-state index contributed by atoms with van der Waals surface area (Å²) in [6, 6.07) is 7.40. The van der Waals surface area contributed by atoms with Crippen LogP contribution in [0.3, 0.4) is 0 Å². The van der Waals surface area contributed by atoms with Crippen molar-refractivity contribution in [1.29, 1.82) is 0 Å². The van der Waals surface area contributed by atoms with Crippen molar-refractivity contribution in [3.8, 4) is 5.75 Å². The molecule has 4 heteroatoms. The van der Waals surface area contributed by atoms with Gasteiger partial charge in [-0.1, -0.05) is 12.1 Å². The third kappa shape index (κ3) is 1.74. The lowest BCUT2D eigenvalue weighted by molar-refractivity contribution is -0.146. The Kier molecular flexibility index (Phi) is 2.65. The van der Waals surface area contributed by atoms with Crippen molar-refractivity contribution in [2.45, 2.75) is 31.8 Å². The van der Waals surface area contributed by atoms with E-state index in [0.717, 1.165) is 12.8 Å². The molecule has 1 spiro atoms. The van der Waals surface area contributed by atoms with E-state index in [1.165, 1.54) is 0 Å². The number of esters is 1. The Bertz CT molecular complexity index is 623. The molecule has 3 aliphatic rings. The van der Waals surface area contributed by atoms with E-state index in [1.54, 1.807) is 0 Å². The predicted molar refractivity (Wildman–Crippen MR) is 75.1 cm³/mol. The Morgan fingerprint density at radius 2 is 2.24 bits per heavy atom. The van der Waals surface area contributed by atoms with Gasteiger partial charge in [-0.15, -0.1) is 0 Å². The van der Waals surface area contributed by atoms with E-state index in [-0.39, 0.29) is 23.6 Å². The van der Waals surface area contributed by atoms with E-state index in [2.05, 4.69) is 0 Å². The van der Waals surface area contributed by atoms with Crippen LogP contribution >= 0.6 is 0 Å². The fourth-order valence-electron chi connectivity index (χ4n) is 4.32. The summed E-state index contributed by atoms with van der Waals surface area (Å²) in [6.45, 7) is 2.23. The Morgan fingerprint density at radius 3 is 3.05 bits per heavy atom. The standard InChI is InChI=1S/C17H18O4/c1-2-20-16(19)14-11-7-8-17(15(11)14)9-12(18)10-5-3-4-6-13(10)21-17/h3-6,11,14-15H,2,7-9H2,1H3/t11-,14+,15+,17-/m0/s1. The summed E-state index contributed by atoms with van der Waals surface area (Å²) in [5.74, 6) is 1.09. The van der Waals surface area contributed by atoms with Crippen LogP contribution in [0.2, 0.25) is 0 Å². The molecule has 1 heterocycles. The van der Waals surface area contributed by atoms with E-state index in [4.69, 9.17) is 9.47 Å². The van der Waals surface area contributed by atoms with Crippen LogP contribution in [0.4, 0.5) is 0 Å². The quantitative estimate of drug-likeness (QED) is 0.784. The number of hydrogen-bond donors (Lipinski definition) is 0. The molecule has 1 aliphatic heterocycles. The van der Waals surface area contributed by atoms with E-state index in [9.17, 15) is 9.59 Å². The van der Waals surface area contributed by atoms with Gasteiger partial charge in [-0.25, -0.2) is 0 Å². The van der Waals surface area contributed by atoms with Crippen LogP contribution in [0.5, 0.6) is 5.75 Å². The van der Waals surface area contributed by atoms with E-state index in [1.807, 2.05) is 31.2 Å². The molecule has 0 N–H and O–H groups in total. The summed E-state index contributed by atoms with van der Waals surface area (Å²) in [4.78, 5) is 24.4. The first kappa shape index (κ1) is 12.9. The van der Waals surface area contributed by atoms with Gasteiger partial charge >= 0.3 is 5.97 Å². The minimum absolute atomic E-state index is 0.0724. The molecule has 4 nitrogen and oxygen atoms in total. The van der Waals surface area contributed by atoms with Crippen LogP contribution in [0, 0.1) is 17.8 Å². The first-order valence-electron chi connectivity index (χ1n) is 7.64. The maximum atomic E-state index is 12.4. The number of benzene rings is 1. The summed E-state index contributed by atoms with van der Waals surface area (Å²) < 4.78 is 11.4. The Hall–Kier alpha value is -1.84. The van der Waals surface area contributed by atoms with Crippen molar-refractivity contribution in [3.05, 3.63) is 29.8 Å². The second-order valence-corrected chi connectivity index (χ2v) is 6.27. The minimum Gasteiger partial charge on any atom is -0.486 e. The lowest BCUT2D eigenvalue weighted by Crippen LogP contribution is -2.43. The molecule has 2 aliphatic carbocycles. The zero-order chi connectivity index (χ0) is 14.6. The highest BCUT2D eigenvalue weighted by atomic mass is 16.5. The Morgan fingerprint density at radius 1 is 1.43 bits per heavy atom. The SMILES string of the molecule is CCOC(=O)[C@@H]1[C@@H]2CC[C@]3(CC(=O)c4ccccc4O3)[C@H]21. The molecule has 0 unspecified atom stereocenters. The first-order valence-corrected chi connectivity index (χ1v) is 7.64. The van der Waals surface area contributed by atoms with Gasteiger partial charge in [-0.3, -0.25) is 9.59 Å². The van der Waals surface area contributed by atoms with Crippen LogP contribution < -0.4 is 4.74 Å². The molecular weight excluding hydrogens is 268 g/mol. The molecule has 110 valence electrons. The highest BCUT2D eigenvalue weighted by Gasteiger charge is 2.71. The number of Topliss-reactive ketones (excluding diaryl/α,β-unsaturated/α-hetero) is 1. The monoisotopic (exact) mass is 286 g/mol. The van der Waals surface area contributed by atoms with Crippen molar-refractivity contribution in [2.24, 2.45) is 17.8 Å². The summed E-state index contributed by atoms with van der Waals surface area (Å²) >= 11 is 0. The second-order valence-electron chi connectivity index (χ2n) is 6.27. The van der Waals surface area contributed by atoms with Crippen LogP contribution in [0.15, 0.2) is 24.3 Å². The molecule has 0 aromatic heterocycles. The third-order valence-corrected chi connectivity index (χ3v) is 5.20. The Labute approximate surface area is 123 Å². The van der Waals surface area contributed by atoms with Gasteiger partial charge in [-0.05, 0) is 37.8 Å². The summed E-state index contributed by atoms with van der Waals surface area (Å²) in [6.07, 6.45) is 2.20. The van der Waals surface area contributed by atoms with Gasteiger partial charge in [0.2, 0.25) is 0 Å². The normalized spacial score (nSPS) is 35.9. The average molecular weight is 286 g/mol. The molecule has 21 heavy (non-hydrogen) atoms.